The van der Waals surface area contributed by atoms with Crippen molar-refractivity contribution in [2.24, 2.45) is 0 Å². The highest BCUT2D eigenvalue weighted by molar-refractivity contribution is 7.88. The molecule has 0 heterocycles. The molecular formula is C11H16N4O5S. The van der Waals surface area contributed by atoms with Crippen molar-refractivity contribution in [3.8, 4) is 0 Å². The van der Waals surface area contributed by atoms with E-state index < -0.39 is 20.9 Å². The fourth-order valence-electron chi connectivity index (χ4n) is 1.56. The smallest absolute Gasteiger partial charge is 0.270 e. The van der Waals surface area contributed by atoms with Gasteiger partial charge in [-0.25, -0.2) is 13.1 Å². The largest absolute Gasteiger partial charge is 0.387 e. The van der Waals surface area contributed by atoms with Crippen LogP contribution in [0.4, 0.5) is 11.4 Å². The second-order valence-corrected chi connectivity index (χ2v) is 5.99. The van der Waals surface area contributed by atoms with Crippen LogP contribution in [-0.2, 0) is 10.0 Å². The van der Waals surface area contributed by atoms with E-state index >= 15 is 0 Å². The first kappa shape index (κ1) is 16.9. The topological polar surface area (TPSA) is 130 Å². The molecule has 1 aromatic carbocycles. The van der Waals surface area contributed by atoms with Gasteiger partial charge in [0.25, 0.3) is 11.6 Å². The minimum atomic E-state index is -3.32. The van der Waals surface area contributed by atoms with Crippen molar-refractivity contribution in [1.82, 2.24) is 10.0 Å². The minimum Gasteiger partial charge on any atom is -0.387 e. The van der Waals surface area contributed by atoms with Crippen LogP contribution >= 0.6 is 0 Å². The van der Waals surface area contributed by atoms with Gasteiger partial charge in [-0.1, -0.05) is 0 Å². The first-order valence-electron chi connectivity index (χ1n) is 5.93. The Morgan fingerprint density at radius 2 is 2.00 bits per heavy atom. The third kappa shape index (κ3) is 5.36. The van der Waals surface area contributed by atoms with Gasteiger partial charge in [0.05, 0.1) is 16.7 Å². The normalized spacial score (nSPS) is 11.0. The van der Waals surface area contributed by atoms with Crippen molar-refractivity contribution in [1.29, 1.82) is 0 Å². The van der Waals surface area contributed by atoms with Crippen molar-refractivity contribution in [3.63, 3.8) is 0 Å². The number of nitro benzene ring substituents is 1. The minimum absolute atomic E-state index is 0.0361. The number of hydrogen-bond acceptors (Lipinski definition) is 6. The molecule has 0 spiro atoms. The molecule has 0 atom stereocenters. The van der Waals surface area contributed by atoms with Gasteiger partial charge in [-0.2, -0.15) is 0 Å². The van der Waals surface area contributed by atoms with E-state index in [9.17, 15) is 23.3 Å². The molecule has 0 radical (unpaired) electrons. The van der Waals surface area contributed by atoms with Crippen LogP contribution in [0.15, 0.2) is 18.2 Å². The number of carbonyl (C=O) groups is 1. The lowest BCUT2D eigenvalue weighted by atomic mass is 10.1. The van der Waals surface area contributed by atoms with Crippen LogP contribution in [0, 0.1) is 10.1 Å². The Labute approximate surface area is 121 Å². The molecule has 0 saturated carbocycles. The molecular weight excluding hydrogens is 300 g/mol. The van der Waals surface area contributed by atoms with E-state index in [1.54, 1.807) is 7.05 Å². The average Bonchev–Trinajstić information content (AvgIpc) is 2.41. The number of sulfonamides is 1. The Morgan fingerprint density at radius 1 is 1.33 bits per heavy atom. The van der Waals surface area contributed by atoms with Gasteiger partial charge in [0.2, 0.25) is 10.0 Å². The average molecular weight is 316 g/mol. The first-order valence-corrected chi connectivity index (χ1v) is 7.83. The fourth-order valence-corrected chi connectivity index (χ4v) is 2.03. The number of rotatable bonds is 7. The Bertz CT molecular complexity index is 644. The number of nitro groups is 1. The van der Waals surface area contributed by atoms with E-state index in [2.05, 4.69) is 15.4 Å². The molecule has 9 nitrogen and oxygen atoms in total. The summed E-state index contributed by atoms with van der Waals surface area (Å²) in [5, 5.41) is 16.0. The summed E-state index contributed by atoms with van der Waals surface area (Å²) < 4.78 is 23.9. The molecule has 21 heavy (non-hydrogen) atoms. The van der Waals surface area contributed by atoms with Gasteiger partial charge >= 0.3 is 0 Å². The van der Waals surface area contributed by atoms with Crippen molar-refractivity contribution in [3.05, 3.63) is 33.9 Å². The second kappa shape index (κ2) is 6.99. The van der Waals surface area contributed by atoms with E-state index in [-0.39, 0.29) is 24.3 Å². The molecule has 116 valence electrons. The Kier molecular flexibility index (Phi) is 5.61. The molecule has 10 heteroatoms. The highest BCUT2D eigenvalue weighted by Crippen LogP contribution is 2.21. The number of nitrogens with one attached hydrogen (secondary N) is 3. The summed E-state index contributed by atoms with van der Waals surface area (Å²) in [6.07, 6.45) is 1.01. The second-order valence-electron chi connectivity index (χ2n) is 4.16. The van der Waals surface area contributed by atoms with E-state index in [0.29, 0.717) is 5.69 Å². The molecule has 0 aliphatic carbocycles. The van der Waals surface area contributed by atoms with Gasteiger partial charge in [-0.15, -0.1) is 0 Å². The summed E-state index contributed by atoms with van der Waals surface area (Å²) >= 11 is 0. The summed E-state index contributed by atoms with van der Waals surface area (Å²) in [4.78, 5) is 22.1. The molecule has 0 aromatic heterocycles. The van der Waals surface area contributed by atoms with Crippen LogP contribution in [0.25, 0.3) is 0 Å². The summed E-state index contributed by atoms with van der Waals surface area (Å²) in [5.74, 6) is -0.529. The maximum absolute atomic E-state index is 12.0. The Hall–Kier alpha value is -2.20. The summed E-state index contributed by atoms with van der Waals surface area (Å²) in [6, 6.07) is 3.88. The van der Waals surface area contributed by atoms with E-state index in [0.717, 1.165) is 12.3 Å². The van der Waals surface area contributed by atoms with Gasteiger partial charge in [-0.05, 0) is 6.07 Å². The van der Waals surface area contributed by atoms with Crippen LogP contribution in [0.5, 0.6) is 0 Å². The highest BCUT2D eigenvalue weighted by atomic mass is 32.2. The third-order valence-electron chi connectivity index (χ3n) is 2.50. The van der Waals surface area contributed by atoms with Crippen molar-refractivity contribution in [2.75, 3.05) is 31.7 Å². The third-order valence-corrected chi connectivity index (χ3v) is 3.23. The molecule has 0 saturated heterocycles. The summed E-state index contributed by atoms with van der Waals surface area (Å²) in [6.45, 7) is 0.103. The van der Waals surface area contributed by atoms with Crippen LogP contribution < -0.4 is 15.4 Å². The van der Waals surface area contributed by atoms with Crippen molar-refractivity contribution >= 4 is 27.3 Å². The molecule has 0 aliphatic rings. The van der Waals surface area contributed by atoms with Gasteiger partial charge in [0.1, 0.15) is 0 Å². The highest BCUT2D eigenvalue weighted by Gasteiger charge is 2.15. The molecule has 0 aliphatic heterocycles. The molecule has 1 aromatic rings. The predicted octanol–water partition coefficient (Wildman–Crippen LogP) is -0.0845. The van der Waals surface area contributed by atoms with E-state index in [4.69, 9.17) is 0 Å². The molecule has 1 rings (SSSR count). The van der Waals surface area contributed by atoms with E-state index in [1.165, 1.54) is 12.1 Å². The van der Waals surface area contributed by atoms with Gasteiger partial charge in [-0.3, -0.25) is 14.9 Å². The first-order chi connectivity index (χ1) is 9.74. The lowest BCUT2D eigenvalue weighted by molar-refractivity contribution is -0.384. The molecule has 0 unspecified atom stereocenters. The standard InChI is InChI=1S/C11H16N4O5S/c1-12-10-4-3-8(15(17)18)7-9(10)11(16)13-5-6-14-21(2,19)20/h3-4,7,12,14H,5-6H2,1-2H3,(H,13,16). The molecule has 0 fully saturated rings. The maximum atomic E-state index is 12.0. The monoisotopic (exact) mass is 316 g/mol. The lowest BCUT2D eigenvalue weighted by Gasteiger charge is -2.10. The molecule has 3 N–H and O–H groups in total. The number of amides is 1. The lowest BCUT2D eigenvalue weighted by Crippen LogP contribution is -2.34. The summed E-state index contributed by atoms with van der Waals surface area (Å²) in [7, 11) is -1.73. The SMILES string of the molecule is CNc1ccc([N+](=O)[O-])cc1C(=O)NCCNS(C)(=O)=O. The predicted molar refractivity (Wildman–Crippen MR) is 77.8 cm³/mol. The van der Waals surface area contributed by atoms with Gasteiger partial charge in [0.15, 0.2) is 0 Å². The zero-order chi connectivity index (χ0) is 16.0. The number of non-ortho nitro benzene ring substituents is 1. The van der Waals surface area contributed by atoms with Crippen molar-refractivity contribution < 1.29 is 18.1 Å². The van der Waals surface area contributed by atoms with Crippen LogP contribution in [-0.4, -0.2) is 45.6 Å². The van der Waals surface area contributed by atoms with Gasteiger partial charge in [0, 0.05) is 38.0 Å². The quantitative estimate of drug-likeness (QED) is 0.366. The number of carbonyl (C=O) groups excluding carboxylic acids is 1. The van der Waals surface area contributed by atoms with Crippen LogP contribution in [0.2, 0.25) is 0 Å². The Balaban J connectivity index is 2.76. The van der Waals surface area contributed by atoms with E-state index in [1.807, 2.05) is 0 Å². The van der Waals surface area contributed by atoms with Crippen LogP contribution in [0.3, 0.4) is 0 Å². The maximum Gasteiger partial charge on any atom is 0.270 e. The molecule has 0 bridgehead atoms. The van der Waals surface area contributed by atoms with Crippen molar-refractivity contribution in [2.45, 2.75) is 0 Å². The van der Waals surface area contributed by atoms with Gasteiger partial charge < -0.3 is 10.6 Å². The number of anilines is 1. The summed E-state index contributed by atoms with van der Waals surface area (Å²) in [5.41, 5.74) is 0.355. The number of nitrogens with zero attached hydrogens (tertiary/aromatic N) is 1. The fraction of sp³-hybridized carbons (Fsp3) is 0.364. The zero-order valence-corrected chi connectivity index (χ0v) is 12.4. The zero-order valence-electron chi connectivity index (χ0n) is 11.5. The Morgan fingerprint density at radius 3 is 2.52 bits per heavy atom. The number of hydrogen-bond donors (Lipinski definition) is 3. The van der Waals surface area contributed by atoms with Crippen LogP contribution in [0.1, 0.15) is 10.4 Å². The number of benzene rings is 1. The molecule has 1 amide bonds.